The minimum atomic E-state index is -4.55. The van der Waals surface area contributed by atoms with Crippen LogP contribution < -0.4 is 20.3 Å². The molecule has 2 aromatic rings. The van der Waals surface area contributed by atoms with Gasteiger partial charge in [-0.3, -0.25) is 9.59 Å². The Hall–Kier alpha value is -3.25. The van der Waals surface area contributed by atoms with Crippen molar-refractivity contribution in [3.05, 3.63) is 39.7 Å². The Bertz CT molecular complexity index is 1060. The number of carbonyl (C=O) groups excluding carboxylic acids is 1. The zero-order chi connectivity index (χ0) is 23.0. The number of aromatic nitrogens is 2. The summed E-state index contributed by atoms with van der Waals surface area (Å²) in [6.45, 7) is -0.904. The molecule has 1 aromatic carbocycles. The van der Waals surface area contributed by atoms with Crippen molar-refractivity contribution in [2.24, 2.45) is 0 Å². The highest BCUT2D eigenvalue weighted by atomic mass is 19.4. The minimum absolute atomic E-state index is 0.00929. The van der Waals surface area contributed by atoms with Crippen molar-refractivity contribution in [1.29, 1.82) is 0 Å². The van der Waals surface area contributed by atoms with Gasteiger partial charge in [-0.2, -0.15) is 31.3 Å². The molecule has 0 bridgehead atoms. The van der Waals surface area contributed by atoms with Crippen LogP contribution in [0.4, 0.5) is 32.2 Å². The summed E-state index contributed by atoms with van der Waals surface area (Å²) >= 11 is 0. The molecule has 0 unspecified atom stereocenters. The molecule has 1 aliphatic rings. The van der Waals surface area contributed by atoms with Gasteiger partial charge in [-0.25, -0.2) is 4.57 Å². The first-order chi connectivity index (χ1) is 14.3. The van der Waals surface area contributed by atoms with Crippen molar-refractivity contribution in [2.45, 2.75) is 32.1 Å². The van der Waals surface area contributed by atoms with E-state index < -0.39 is 49.5 Å². The number of nitrogens with zero attached hydrogens (tertiary/aromatic N) is 2. The molecule has 7 nitrogen and oxygen atoms in total. The largest absolute Gasteiger partial charge is 0.484 e. The minimum Gasteiger partial charge on any atom is -0.484 e. The number of hydrogen-bond donors (Lipinski definition) is 1. The van der Waals surface area contributed by atoms with E-state index in [9.17, 15) is 35.9 Å². The van der Waals surface area contributed by atoms with Crippen molar-refractivity contribution in [3.8, 4) is 17.4 Å². The molecule has 0 aliphatic carbocycles. The topological polar surface area (TPSA) is 82.5 Å². The average Bonchev–Trinajstić information content (AvgIpc) is 3.00. The molecule has 0 saturated carbocycles. The number of amides is 1. The Kier molecular flexibility index (Phi) is 5.87. The zero-order valence-corrected chi connectivity index (χ0v) is 15.9. The number of halogens is 6. The lowest BCUT2D eigenvalue weighted by atomic mass is 10.1. The van der Waals surface area contributed by atoms with E-state index in [0.717, 1.165) is 10.6 Å². The number of rotatable bonds is 6. The molecule has 2 heterocycles. The van der Waals surface area contributed by atoms with Crippen LogP contribution in [0.5, 0.6) is 11.8 Å². The second-order valence-corrected chi connectivity index (χ2v) is 6.65. The molecule has 1 aliphatic heterocycles. The lowest BCUT2D eigenvalue weighted by Crippen LogP contribution is -2.26. The predicted molar refractivity (Wildman–Crippen MR) is 94.6 cm³/mol. The summed E-state index contributed by atoms with van der Waals surface area (Å²) in [7, 11) is 0. The molecular weight excluding hydrogens is 436 g/mol. The van der Waals surface area contributed by atoms with Gasteiger partial charge in [-0.1, -0.05) is 0 Å². The van der Waals surface area contributed by atoms with Crippen LogP contribution in [0.1, 0.15) is 17.5 Å². The summed E-state index contributed by atoms with van der Waals surface area (Å²) in [4.78, 5) is 28.5. The summed E-state index contributed by atoms with van der Waals surface area (Å²) in [5, 5.41) is 2.33. The van der Waals surface area contributed by atoms with E-state index in [0.29, 0.717) is 0 Å². The number of fused-ring (bicyclic) bond motifs is 1. The third kappa shape index (κ3) is 5.47. The molecule has 0 fully saturated rings. The first-order valence-corrected chi connectivity index (χ1v) is 8.80. The lowest BCUT2D eigenvalue weighted by Gasteiger charge is -2.17. The van der Waals surface area contributed by atoms with Crippen molar-refractivity contribution < 1.29 is 40.6 Å². The van der Waals surface area contributed by atoms with Gasteiger partial charge in [0.15, 0.2) is 6.61 Å². The molecule has 3 rings (SSSR count). The number of carbonyl (C=O) groups is 1. The quantitative estimate of drug-likeness (QED) is 0.682. The van der Waals surface area contributed by atoms with Gasteiger partial charge in [0, 0.05) is 0 Å². The number of aryl methyl sites for hydroxylation is 1. The van der Waals surface area contributed by atoms with Gasteiger partial charge in [0.1, 0.15) is 18.2 Å². The van der Waals surface area contributed by atoms with Gasteiger partial charge < -0.3 is 14.8 Å². The Morgan fingerprint density at radius 1 is 1.10 bits per heavy atom. The predicted octanol–water partition coefficient (Wildman–Crippen LogP) is 3.31. The third-order valence-electron chi connectivity index (χ3n) is 4.17. The van der Waals surface area contributed by atoms with Gasteiger partial charge >= 0.3 is 18.4 Å². The van der Waals surface area contributed by atoms with Gasteiger partial charge in [0.2, 0.25) is 5.91 Å². The van der Waals surface area contributed by atoms with E-state index in [4.69, 9.17) is 4.74 Å². The molecule has 1 aromatic heterocycles. The number of ether oxygens (including phenoxy) is 2. The van der Waals surface area contributed by atoms with E-state index in [1.165, 1.54) is 19.1 Å². The standard InChI is InChI=1S/C18H15F6N3O4/c1-9-6-10(31-8-18(22,23)24)2-3-12(9)27-15(29)11-7-13(28)25-14(11)26-16(27)30-5-4-17(19,20)21/h2-3,6H,4-5,7-8H2,1H3,(H,25,28). The van der Waals surface area contributed by atoms with E-state index in [2.05, 4.69) is 15.0 Å². The number of hydrogen-bond acceptors (Lipinski definition) is 5. The molecule has 0 radical (unpaired) electrons. The molecule has 0 saturated heterocycles. The molecule has 13 heteroatoms. The van der Waals surface area contributed by atoms with Crippen molar-refractivity contribution in [2.75, 3.05) is 18.5 Å². The molecule has 0 atom stereocenters. The highest BCUT2D eigenvalue weighted by Gasteiger charge is 2.31. The maximum atomic E-state index is 12.9. The normalized spacial score (nSPS) is 13.7. The molecule has 0 spiro atoms. The molecule has 168 valence electrons. The second-order valence-electron chi connectivity index (χ2n) is 6.65. The van der Waals surface area contributed by atoms with Gasteiger partial charge in [-0.05, 0) is 30.7 Å². The smallest absolute Gasteiger partial charge is 0.422 e. The van der Waals surface area contributed by atoms with Crippen LogP contribution in [0, 0.1) is 6.92 Å². The molecule has 1 N–H and O–H groups in total. The van der Waals surface area contributed by atoms with Crippen LogP contribution in [0.25, 0.3) is 5.69 Å². The zero-order valence-electron chi connectivity index (χ0n) is 15.9. The third-order valence-corrected chi connectivity index (χ3v) is 4.17. The van der Waals surface area contributed by atoms with Gasteiger partial charge in [0.25, 0.3) is 5.56 Å². The summed E-state index contributed by atoms with van der Waals surface area (Å²) in [5.74, 6) is -0.764. The Labute approximate surface area is 170 Å². The summed E-state index contributed by atoms with van der Waals surface area (Å²) in [5.41, 5.74) is -0.398. The summed E-state index contributed by atoms with van der Waals surface area (Å²) < 4.78 is 85.1. The van der Waals surface area contributed by atoms with Crippen molar-refractivity contribution in [3.63, 3.8) is 0 Å². The van der Waals surface area contributed by atoms with E-state index in [1.807, 2.05) is 0 Å². The molecular formula is C18H15F6N3O4. The number of benzene rings is 1. The van der Waals surface area contributed by atoms with Crippen LogP contribution in [0.15, 0.2) is 23.0 Å². The first-order valence-electron chi connectivity index (χ1n) is 8.80. The van der Waals surface area contributed by atoms with Crippen LogP contribution >= 0.6 is 0 Å². The van der Waals surface area contributed by atoms with Gasteiger partial charge in [0.05, 0.1) is 24.1 Å². The summed E-state index contributed by atoms with van der Waals surface area (Å²) in [6, 6.07) is 3.14. The van der Waals surface area contributed by atoms with E-state index in [1.54, 1.807) is 0 Å². The maximum absolute atomic E-state index is 12.9. The Morgan fingerprint density at radius 2 is 1.81 bits per heavy atom. The number of nitrogens with one attached hydrogen (secondary N) is 1. The van der Waals surface area contributed by atoms with Crippen LogP contribution in [0.3, 0.4) is 0 Å². The fourth-order valence-corrected chi connectivity index (χ4v) is 2.84. The van der Waals surface area contributed by atoms with Gasteiger partial charge in [-0.15, -0.1) is 0 Å². The molecule has 1 amide bonds. The first kappa shape index (κ1) is 22.4. The monoisotopic (exact) mass is 451 g/mol. The summed E-state index contributed by atoms with van der Waals surface area (Å²) in [6.07, 6.45) is -10.7. The maximum Gasteiger partial charge on any atom is 0.422 e. The number of anilines is 1. The fraction of sp³-hybridized carbons (Fsp3) is 0.389. The highest BCUT2D eigenvalue weighted by molar-refractivity contribution is 5.97. The Morgan fingerprint density at radius 3 is 2.42 bits per heavy atom. The second kappa shape index (κ2) is 8.12. The molecule has 31 heavy (non-hydrogen) atoms. The van der Waals surface area contributed by atoms with Crippen LogP contribution in [-0.2, 0) is 11.2 Å². The number of alkyl halides is 6. The van der Waals surface area contributed by atoms with Crippen LogP contribution in [-0.4, -0.2) is 41.0 Å². The van der Waals surface area contributed by atoms with Crippen molar-refractivity contribution in [1.82, 2.24) is 9.55 Å². The highest BCUT2D eigenvalue weighted by Crippen LogP contribution is 2.28. The average molecular weight is 451 g/mol. The van der Waals surface area contributed by atoms with Crippen molar-refractivity contribution >= 4 is 11.7 Å². The van der Waals surface area contributed by atoms with Crippen LogP contribution in [0.2, 0.25) is 0 Å². The fourth-order valence-electron chi connectivity index (χ4n) is 2.84. The lowest BCUT2D eigenvalue weighted by molar-refractivity contribution is -0.153. The Balaban J connectivity index is 2.00. The van der Waals surface area contributed by atoms with E-state index in [-0.39, 0.29) is 34.8 Å². The SMILES string of the molecule is Cc1cc(OCC(F)(F)F)ccc1-n1c(OCCC(F)(F)F)nc2c(c1=O)CC(=O)N2. The van der Waals surface area contributed by atoms with E-state index >= 15 is 0 Å².